The Bertz CT molecular complexity index is 1290. The van der Waals surface area contributed by atoms with Crippen LogP contribution in [-0.4, -0.2) is 20.6 Å². The van der Waals surface area contributed by atoms with Gasteiger partial charge >= 0.3 is 0 Å². The molecule has 1 amide bonds. The van der Waals surface area contributed by atoms with Gasteiger partial charge < -0.3 is 15.6 Å². The maximum atomic E-state index is 12.1. The zero-order chi connectivity index (χ0) is 21.6. The van der Waals surface area contributed by atoms with E-state index in [0.29, 0.717) is 35.3 Å². The quantitative estimate of drug-likeness (QED) is 0.289. The van der Waals surface area contributed by atoms with E-state index in [1.165, 1.54) is 17.4 Å². The van der Waals surface area contributed by atoms with Crippen LogP contribution in [0.3, 0.4) is 0 Å². The van der Waals surface area contributed by atoms with Gasteiger partial charge in [-0.2, -0.15) is 0 Å². The number of carbonyl (C=O) groups excluding carboxylic acids is 1. The summed E-state index contributed by atoms with van der Waals surface area (Å²) in [4.78, 5) is 16.8. The molecule has 2 aromatic carbocycles. The van der Waals surface area contributed by atoms with Crippen molar-refractivity contribution in [1.82, 2.24) is 9.55 Å². The molecule has 3 N–H and O–H groups in total. The first-order valence-electron chi connectivity index (χ1n) is 8.67. The molecular weight excluding hydrogens is 560 g/mol. The smallest absolute Gasteiger partial charge is 0.262 e. The van der Waals surface area contributed by atoms with Crippen molar-refractivity contribution in [1.29, 1.82) is 0 Å². The first-order chi connectivity index (χ1) is 14.3. The molecule has 1 atom stereocenters. The van der Waals surface area contributed by atoms with Crippen molar-refractivity contribution in [3.05, 3.63) is 66.8 Å². The van der Waals surface area contributed by atoms with Crippen molar-refractivity contribution >= 4 is 74.1 Å². The Balaban J connectivity index is 1.82. The molecule has 0 spiro atoms. The van der Waals surface area contributed by atoms with Crippen molar-refractivity contribution in [3.8, 4) is 16.5 Å². The highest BCUT2D eigenvalue weighted by Gasteiger charge is 2.26. The Morgan fingerprint density at radius 1 is 1.30 bits per heavy atom. The number of halogens is 3. The molecule has 154 valence electrons. The van der Waals surface area contributed by atoms with Crippen molar-refractivity contribution in [2.45, 2.75) is 13.0 Å². The van der Waals surface area contributed by atoms with Crippen molar-refractivity contribution in [3.63, 3.8) is 0 Å². The van der Waals surface area contributed by atoms with Gasteiger partial charge in [-0.1, -0.05) is 41.4 Å². The lowest BCUT2D eigenvalue weighted by Crippen LogP contribution is -2.12. The third-order valence-electron chi connectivity index (χ3n) is 4.49. The highest BCUT2D eigenvalue weighted by molar-refractivity contribution is 14.1. The molecule has 4 aromatic rings. The predicted octanol–water partition coefficient (Wildman–Crippen LogP) is 5.94. The number of ether oxygens (including phenoxy) is 1. The Morgan fingerprint density at radius 2 is 2.03 bits per heavy atom. The molecule has 0 unspecified atom stereocenters. The molecular formula is C20H14Cl2IN3O3S. The number of phenolic OH excluding ortho intramolecular Hbond substituents is 1. The number of thiophene rings is 1. The summed E-state index contributed by atoms with van der Waals surface area (Å²) in [6, 6.07) is 10.5. The fourth-order valence-electron chi connectivity index (χ4n) is 3.03. The lowest BCUT2D eigenvalue weighted by atomic mass is 10.1. The zero-order valence-corrected chi connectivity index (χ0v) is 19.9. The van der Waals surface area contributed by atoms with Crippen molar-refractivity contribution in [2.75, 3.05) is 0 Å². The van der Waals surface area contributed by atoms with E-state index in [-0.39, 0.29) is 10.8 Å². The van der Waals surface area contributed by atoms with Gasteiger partial charge in [0.15, 0.2) is 5.75 Å². The number of nitrogens with two attached hydrogens (primary N) is 1. The number of rotatable bonds is 5. The van der Waals surface area contributed by atoms with Gasteiger partial charge in [0.1, 0.15) is 28.1 Å². The fourth-order valence-corrected chi connectivity index (χ4v) is 5.61. The Labute approximate surface area is 199 Å². The number of hydrogen-bond acceptors (Lipinski definition) is 5. The Kier molecular flexibility index (Phi) is 5.84. The number of nitrogens with zero attached hydrogens (tertiary/aromatic N) is 2. The Morgan fingerprint density at radius 3 is 2.73 bits per heavy atom. The lowest BCUT2D eigenvalue weighted by molar-refractivity contribution is 0.0998. The van der Waals surface area contributed by atoms with Crippen LogP contribution in [0.1, 0.15) is 28.3 Å². The Hall–Kier alpha value is -2.01. The lowest BCUT2D eigenvalue weighted by Gasteiger charge is -2.16. The fraction of sp³-hybridized carbons (Fsp3) is 0.100. The van der Waals surface area contributed by atoms with E-state index in [4.69, 9.17) is 33.7 Å². The van der Waals surface area contributed by atoms with E-state index >= 15 is 0 Å². The van der Waals surface area contributed by atoms with E-state index in [0.717, 1.165) is 5.56 Å². The summed E-state index contributed by atoms with van der Waals surface area (Å²) in [6.07, 6.45) is 1.19. The van der Waals surface area contributed by atoms with Crippen LogP contribution in [0.2, 0.25) is 10.0 Å². The number of fused-ring (bicyclic) bond motifs is 1. The number of aromatic nitrogens is 2. The van der Waals surface area contributed by atoms with Crippen LogP contribution in [0.15, 0.2) is 42.7 Å². The standard InChI is InChI=1S/C20H14Cl2IN3O3S/c1-9(10-4-2-3-5-11(10)21)29-17-16(23)20(30-18(17)19(24)28)26-8-25-13-7-15(27)12(22)6-14(13)26/h2-9,27H,1H3,(H2,24,28)/t9-/m1/s1. The van der Waals surface area contributed by atoms with Crippen molar-refractivity contribution in [2.24, 2.45) is 5.73 Å². The number of aromatic hydroxyl groups is 1. The van der Waals surface area contributed by atoms with Gasteiger partial charge in [0.2, 0.25) is 0 Å². The highest BCUT2D eigenvalue weighted by atomic mass is 127. The molecule has 0 aliphatic carbocycles. The highest BCUT2D eigenvalue weighted by Crippen LogP contribution is 2.42. The summed E-state index contributed by atoms with van der Waals surface area (Å²) < 4.78 is 8.64. The van der Waals surface area contributed by atoms with E-state index in [2.05, 4.69) is 27.6 Å². The topological polar surface area (TPSA) is 90.4 Å². The molecule has 0 fully saturated rings. The number of hydrogen-bond donors (Lipinski definition) is 2. The second-order valence-electron chi connectivity index (χ2n) is 6.43. The largest absolute Gasteiger partial charge is 0.506 e. The van der Waals surface area contributed by atoms with E-state index in [1.54, 1.807) is 23.0 Å². The number of phenols is 1. The maximum Gasteiger partial charge on any atom is 0.262 e. The summed E-state index contributed by atoms with van der Waals surface area (Å²) in [7, 11) is 0. The third kappa shape index (κ3) is 3.73. The third-order valence-corrected chi connectivity index (χ3v) is 7.69. The molecule has 10 heteroatoms. The second-order valence-corrected chi connectivity index (χ2v) is 9.32. The maximum absolute atomic E-state index is 12.1. The van der Waals surface area contributed by atoms with Crippen LogP contribution in [0.25, 0.3) is 16.0 Å². The molecule has 30 heavy (non-hydrogen) atoms. The minimum atomic E-state index is -0.592. The van der Waals surface area contributed by atoms with Gasteiger partial charge in [-0.3, -0.25) is 9.36 Å². The van der Waals surface area contributed by atoms with E-state index in [9.17, 15) is 9.90 Å². The van der Waals surface area contributed by atoms with Crippen LogP contribution in [-0.2, 0) is 0 Å². The van der Waals surface area contributed by atoms with Gasteiger partial charge in [0, 0.05) is 16.7 Å². The zero-order valence-electron chi connectivity index (χ0n) is 15.4. The monoisotopic (exact) mass is 573 g/mol. The molecule has 4 rings (SSSR count). The number of amides is 1. The van der Waals surface area contributed by atoms with Gasteiger partial charge in [0.05, 0.1) is 19.6 Å². The van der Waals surface area contributed by atoms with Crippen molar-refractivity contribution < 1.29 is 14.6 Å². The average Bonchev–Trinajstić information content (AvgIpc) is 3.23. The number of carbonyl (C=O) groups is 1. The van der Waals surface area contributed by atoms with E-state index < -0.39 is 12.0 Å². The molecule has 0 saturated heterocycles. The molecule has 0 saturated carbocycles. The summed E-state index contributed by atoms with van der Waals surface area (Å²) in [5.41, 5.74) is 7.68. The summed E-state index contributed by atoms with van der Waals surface area (Å²) in [5.74, 6) is -0.251. The number of benzene rings is 2. The van der Waals surface area contributed by atoms with Gasteiger partial charge in [-0.15, -0.1) is 11.3 Å². The molecule has 0 aliphatic rings. The van der Waals surface area contributed by atoms with Crippen LogP contribution in [0, 0.1) is 3.57 Å². The molecule has 6 nitrogen and oxygen atoms in total. The summed E-state index contributed by atoms with van der Waals surface area (Å²) in [5, 5.41) is 11.3. The summed E-state index contributed by atoms with van der Waals surface area (Å²) >= 11 is 15.7. The first kappa shape index (κ1) is 21.2. The molecule has 0 bridgehead atoms. The van der Waals surface area contributed by atoms with Crippen LogP contribution >= 0.6 is 57.1 Å². The predicted molar refractivity (Wildman–Crippen MR) is 127 cm³/mol. The SMILES string of the molecule is C[C@@H](Oc1c(C(N)=O)sc(-n2cnc3cc(O)c(Cl)cc32)c1I)c1ccccc1Cl. The molecule has 2 heterocycles. The normalized spacial score (nSPS) is 12.3. The van der Waals surface area contributed by atoms with Gasteiger partial charge in [-0.05, 0) is 41.6 Å². The first-order valence-corrected chi connectivity index (χ1v) is 11.3. The second kappa shape index (κ2) is 8.26. The van der Waals surface area contributed by atoms with Crippen LogP contribution in [0.4, 0.5) is 0 Å². The van der Waals surface area contributed by atoms with Gasteiger partial charge in [0.25, 0.3) is 5.91 Å². The van der Waals surface area contributed by atoms with Gasteiger partial charge in [-0.25, -0.2) is 4.98 Å². The summed E-state index contributed by atoms with van der Waals surface area (Å²) in [6.45, 7) is 1.86. The molecule has 0 radical (unpaired) electrons. The average molecular weight is 574 g/mol. The number of primary amides is 1. The number of imidazole rings is 1. The minimum absolute atomic E-state index is 0.0503. The van der Waals surface area contributed by atoms with Crippen LogP contribution in [0.5, 0.6) is 11.5 Å². The van der Waals surface area contributed by atoms with Crippen LogP contribution < -0.4 is 10.5 Å². The molecule has 0 aliphatic heterocycles. The molecule has 2 aromatic heterocycles. The van der Waals surface area contributed by atoms with E-state index in [1.807, 2.05) is 25.1 Å². The minimum Gasteiger partial charge on any atom is -0.506 e.